The van der Waals surface area contributed by atoms with Crippen molar-refractivity contribution < 1.29 is 17.1 Å². The first kappa shape index (κ1) is 11.6. The van der Waals surface area contributed by atoms with Gasteiger partial charge in [0.2, 0.25) is 0 Å². The lowest BCUT2D eigenvalue weighted by Gasteiger charge is -2.12. The van der Waals surface area contributed by atoms with Gasteiger partial charge in [-0.2, -0.15) is 0 Å². The minimum atomic E-state index is -3.03. The van der Waals surface area contributed by atoms with Crippen LogP contribution in [0.15, 0.2) is 12.5 Å². The van der Waals surface area contributed by atoms with Crippen LogP contribution in [0.5, 0.6) is 0 Å². The SMILES string of the molecule is C[Si](C)(F)OC=CO[Si](C)(C)F. The first-order valence-corrected chi connectivity index (χ1v) is 9.16. The summed E-state index contributed by atoms with van der Waals surface area (Å²) < 4.78 is 34.8. The molecular weight excluding hydrogens is 198 g/mol. The van der Waals surface area contributed by atoms with Crippen LogP contribution in [-0.4, -0.2) is 17.3 Å². The Morgan fingerprint density at radius 1 is 0.833 bits per heavy atom. The zero-order valence-electron chi connectivity index (χ0n) is 7.73. The van der Waals surface area contributed by atoms with Crippen molar-refractivity contribution >= 4 is 17.3 Å². The van der Waals surface area contributed by atoms with Crippen LogP contribution in [0, 0.1) is 0 Å². The number of hydrogen-bond acceptors (Lipinski definition) is 2. The molecule has 0 saturated heterocycles. The number of rotatable bonds is 4. The lowest BCUT2D eigenvalue weighted by Crippen LogP contribution is -2.22. The molecule has 0 rings (SSSR count). The second-order valence-electron chi connectivity index (χ2n) is 3.23. The monoisotopic (exact) mass is 212 g/mol. The van der Waals surface area contributed by atoms with Gasteiger partial charge in [0.15, 0.2) is 0 Å². The van der Waals surface area contributed by atoms with E-state index in [0.717, 1.165) is 12.5 Å². The molecule has 0 bridgehead atoms. The Hall–Kier alpha value is -0.366. The van der Waals surface area contributed by atoms with Gasteiger partial charge in [0.25, 0.3) is 0 Å². The van der Waals surface area contributed by atoms with Gasteiger partial charge >= 0.3 is 17.3 Å². The number of halogens is 2. The molecule has 0 amide bonds. The van der Waals surface area contributed by atoms with E-state index in [1.54, 1.807) is 0 Å². The average Bonchev–Trinajstić information content (AvgIpc) is 1.76. The smallest absolute Gasteiger partial charge is 0.434 e. The minimum absolute atomic E-state index is 1.07. The van der Waals surface area contributed by atoms with Crippen molar-refractivity contribution in [2.24, 2.45) is 0 Å². The van der Waals surface area contributed by atoms with Crippen molar-refractivity contribution in [2.45, 2.75) is 26.2 Å². The summed E-state index contributed by atoms with van der Waals surface area (Å²) >= 11 is 0. The highest BCUT2D eigenvalue weighted by Gasteiger charge is 2.23. The zero-order chi connectivity index (χ0) is 9.83. The van der Waals surface area contributed by atoms with E-state index < -0.39 is 17.3 Å². The summed E-state index contributed by atoms with van der Waals surface area (Å²) in [6, 6.07) is 0. The van der Waals surface area contributed by atoms with Crippen molar-refractivity contribution in [3.05, 3.63) is 12.5 Å². The third-order valence-electron chi connectivity index (χ3n) is 0.752. The van der Waals surface area contributed by atoms with Gasteiger partial charge in [0.05, 0.1) is 0 Å². The largest absolute Gasteiger partial charge is 0.521 e. The predicted molar refractivity (Wildman–Crippen MR) is 48.5 cm³/mol. The van der Waals surface area contributed by atoms with Gasteiger partial charge in [-0.05, 0) is 26.2 Å². The molecule has 0 spiro atoms. The van der Waals surface area contributed by atoms with E-state index in [1.165, 1.54) is 26.2 Å². The van der Waals surface area contributed by atoms with Crippen LogP contribution in [0.4, 0.5) is 8.22 Å². The van der Waals surface area contributed by atoms with Crippen molar-refractivity contribution in [1.82, 2.24) is 0 Å². The minimum Gasteiger partial charge on any atom is -0.521 e. The van der Waals surface area contributed by atoms with Gasteiger partial charge in [0, 0.05) is 0 Å². The lowest BCUT2D eigenvalue weighted by atomic mass is 11.1. The molecule has 0 fully saturated rings. The van der Waals surface area contributed by atoms with Gasteiger partial charge in [0.1, 0.15) is 12.5 Å². The molecule has 0 unspecified atom stereocenters. The Balaban J connectivity index is 3.66. The lowest BCUT2D eigenvalue weighted by molar-refractivity contribution is 0.363. The Kier molecular flexibility index (Phi) is 3.91. The molecule has 0 atom stereocenters. The summed E-state index contributed by atoms with van der Waals surface area (Å²) in [5, 5.41) is 0. The molecule has 12 heavy (non-hydrogen) atoms. The molecule has 0 saturated carbocycles. The summed E-state index contributed by atoms with van der Waals surface area (Å²) in [6.45, 7) is 5.54. The highest BCUT2D eigenvalue weighted by Crippen LogP contribution is 2.08. The Morgan fingerprint density at radius 3 is 1.25 bits per heavy atom. The summed E-state index contributed by atoms with van der Waals surface area (Å²) in [7, 11) is -6.05. The predicted octanol–water partition coefficient (Wildman–Crippen LogP) is 2.83. The number of hydrogen-bond donors (Lipinski definition) is 0. The summed E-state index contributed by atoms with van der Waals surface area (Å²) in [5.74, 6) is 0. The van der Waals surface area contributed by atoms with Crippen molar-refractivity contribution in [1.29, 1.82) is 0 Å². The molecule has 0 aliphatic heterocycles. The van der Waals surface area contributed by atoms with Crippen LogP contribution in [0.3, 0.4) is 0 Å². The summed E-state index contributed by atoms with van der Waals surface area (Å²) in [6.07, 6.45) is 2.14. The maximum absolute atomic E-state index is 12.7. The Labute approximate surface area is 73.8 Å². The fourth-order valence-electron chi connectivity index (χ4n) is 0.379. The van der Waals surface area contributed by atoms with Crippen LogP contribution in [0.2, 0.25) is 26.2 Å². The molecule has 2 nitrogen and oxygen atoms in total. The fourth-order valence-corrected chi connectivity index (χ4v) is 1.14. The average molecular weight is 212 g/mol. The van der Waals surface area contributed by atoms with Crippen LogP contribution >= 0.6 is 0 Å². The van der Waals surface area contributed by atoms with E-state index in [1.807, 2.05) is 0 Å². The molecule has 72 valence electrons. The molecule has 0 aromatic carbocycles. The van der Waals surface area contributed by atoms with Crippen LogP contribution in [-0.2, 0) is 8.85 Å². The van der Waals surface area contributed by atoms with Crippen molar-refractivity contribution in [2.75, 3.05) is 0 Å². The molecule has 0 aromatic rings. The van der Waals surface area contributed by atoms with E-state index in [9.17, 15) is 8.22 Å². The van der Waals surface area contributed by atoms with Crippen LogP contribution < -0.4 is 0 Å². The fraction of sp³-hybridized carbons (Fsp3) is 0.667. The topological polar surface area (TPSA) is 18.5 Å². The summed E-state index contributed by atoms with van der Waals surface area (Å²) in [4.78, 5) is 0. The Bertz CT molecular complexity index is 142. The third kappa shape index (κ3) is 9.63. The molecule has 0 aliphatic rings. The van der Waals surface area contributed by atoms with Gasteiger partial charge in [-0.15, -0.1) is 0 Å². The van der Waals surface area contributed by atoms with Crippen molar-refractivity contribution in [3.63, 3.8) is 0 Å². The first-order chi connectivity index (χ1) is 5.21. The van der Waals surface area contributed by atoms with Gasteiger partial charge in [-0.1, -0.05) is 0 Å². The van der Waals surface area contributed by atoms with Crippen molar-refractivity contribution in [3.8, 4) is 0 Å². The standard InChI is InChI=1S/C6H14F2O2Si2/c1-11(2,7)9-5-6-10-12(3,4)8/h5-6H,1-4H3. The van der Waals surface area contributed by atoms with Gasteiger partial charge in [-0.25, -0.2) is 0 Å². The van der Waals surface area contributed by atoms with E-state index in [2.05, 4.69) is 8.85 Å². The van der Waals surface area contributed by atoms with E-state index in [4.69, 9.17) is 0 Å². The third-order valence-corrected chi connectivity index (χ3v) is 2.15. The first-order valence-electron chi connectivity index (χ1n) is 3.59. The second-order valence-corrected chi connectivity index (χ2v) is 9.16. The molecule has 0 aliphatic carbocycles. The van der Waals surface area contributed by atoms with Crippen LogP contribution in [0.25, 0.3) is 0 Å². The second kappa shape index (κ2) is 4.04. The maximum Gasteiger partial charge on any atom is 0.434 e. The summed E-state index contributed by atoms with van der Waals surface area (Å²) in [5.41, 5.74) is 0. The van der Waals surface area contributed by atoms with Gasteiger partial charge < -0.3 is 8.85 Å². The normalized spacial score (nSPS) is 13.5. The highest BCUT2D eigenvalue weighted by atomic mass is 28.4. The van der Waals surface area contributed by atoms with Crippen LogP contribution in [0.1, 0.15) is 0 Å². The molecular formula is C6H14F2O2Si2. The Morgan fingerprint density at radius 2 is 1.08 bits per heavy atom. The zero-order valence-corrected chi connectivity index (χ0v) is 9.73. The highest BCUT2D eigenvalue weighted by molar-refractivity contribution is 6.64. The molecule has 0 aromatic heterocycles. The molecule has 0 radical (unpaired) electrons. The molecule has 0 N–H and O–H groups in total. The van der Waals surface area contributed by atoms with Gasteiger partial charge in [-0.3, -0.25) is 8.22 Å². The van der Waals surface area contributed by atoms with E-state index in [-0.39, 0.29) is 0 Å². The molecule has 6 heteroatoms. The quantitative estimate of drug-likeness (QED) is 0.405. The molecule has 0 heterocycles. The van der Waals surface area contributed by atoms with E-state index >= 15 is 0 Å². The van der Waals surface area contributed by atoms with E-state index in [0.29, 0.717) is 0 Å². The maximum atomic E-state index is 12.7.